The van der Waals surface area contributed by atoms with Gasteiger partial charge in [-0.1, -0.05) is 6.42 Å². The standard InChI is InChI=1S/C12H15N3/c13-9-5-6-11-10(8-9)14-12-4-2-1-3-7-15(11)12/h5-6,8H,1-4,7,13H2. The maximum Gasteiger partial charge on any atom is 0.109 e. The van der Waals surface area contributed by atoms with Gasteiger partial charge in [0.15, 0.2) is 0 Å². The van der Waals surface area contributed by atoms with Crippen LogP contribution in [0.1, 0.15) is 25.1 Å². The van der Waals surface area contributed by atoms with E-state index in [-0.39, 0.29) is 0 Å². The Bertz CT molecular complexity index is 499. The van der Waals surface area contributed by atoms with E-state index in [4.69, 9.17) is 5.73 Å². The van der Waals surface area contributed by atoms with Crippen molar-refractivity contribution >= 4 is 16.7 Å². The van der Waals surface area contributed by atoms with Gasteiger partial charge in [0, 0.05) is 18.7 Å². The van der Waals surface area contributed by atoms with E-state index in [0.717, 1.165) is 24.2 Å². The molecule has 1 aromatic heterocycles. The summed E-state index contributed by atoms with van der Waals surface area (Å²) < 4.78 is 2.35. The minimum atomic E-state index is 0.802. The van der Waals surface area contributed by atoms with Gasteiger partial charge in [-0.2, -0.15) is 0 Å². The largest absolute Gasteiger partial charge is 0.399 e. The number of benzene rings is 1. The Morgan fingerprint density at radius 1 is 1.20 bits per heavy atom. The van der Waals surface area contributed by atoms with Crippen LogP contribution in [-0.4, -0.2) is 9.55 Å². The molecule has 78 valence electrons. The van der Waals surface area contributed by atoms with Gasteiger partial charge in [-0.05, 0) is 31.0 Å². The fourth-order valence-electron chi connectivity index (χ4n) is 2.37. The minimum absolute atomic E-state index is 0.802. The Morgan fingerprint density at radius 3 is 3.07 bits per heavy atom. The summed E-state index contributed by atoms with van der Waals surface area (Å²) >= 11 is 0. The van der Waals surface area contributed by atoms with E-state index in [2.05, 4.69) is 15.6 Å². The summed E-state index contributed by atoms with van der Waals surface area (Å²) in [5.74, 6) is 1.23. The Balaban J connectivity index is 2.23. The van der Waals surface area contributed by atoms with Crippen LogP contribution in [0.5, 0.6) is 0 Å². The highest BCUT2D eigenvalue weighted by molar-refractivity contribution is 5.79. The average Bonchev–Trinajstić information content (AvgIpc) is 2.42. The van der Waals surface area contributed by atoms with Gasteiger partial charge in [0.25, 0.3) is 0 Å². The van der Waals surface area contributed by atoms with Crippen LogP contribution < -0.4 is 5.73 Å². The molecule has 0 unspecified atom stereocenters. The highest BCUT2D eigenvalue weighted by Gasteiger charge is 2.12. The number of hydrogen-bond donors (Lipinski definition) is 1. The number of rotatable bonds is 0. The van der Waals surface area contributed by atoms with E-state index >= 15 is 0 Å². The maximum absolute atomic E-state index is 5.76. The van der Waals surface area contributed by atoms with Crippen molar-refractivity contribution in [2.24, 2.45) is 0 Å². The minimum Gasteiger partial charge on any atom is -0.399 e. The number of nitrogens with two attached hydrogens (primary N) is 1. The molecule has 0 aliphatic carbocycles. The zero-order valence-corrected chi connectivity index (χ0v) is 8.74. The number of nitrogen functional groups attached to an aromatic ring is 1. The second-order valence-electron chi connectivity index (χ2n) is 4.24. The molecule has 15 heavy (non-hydrogen) atoms. The molecule has 0 amide bonds. The van der Waals surface area contributed by atoms with Gasteiger partial charge in [-0.25, -0.2) is 4.98 Å². The fourth-order valence-corrected chi connectivity index (χ4v) is 2.37. The zero-order valence-electron chi connectivity index (χ0n) is 8.74. The second-order valence-corrected chi connectivity index (χ2v) is 4.24. The van der Waals surface area contributed by atoms with Crippen molar-refractivity contribution in [2.45, 2.75) is 32.2 Å². The summed E-state index contributed by atoms with van der Waals surface area (Å²) in [6.07, 6.45) is 4.95. The van der Waals surface area contributed by atoms with Crippen molar-refractivity contribution in [3.63, 3.8) is 0 Å². The van der Waals surface area contributed by atoms with Gasteiger partial charge in [0.2, 0.25) is 0 Å². The number of nitrogens with zero attached hydrogens (tertiary/aromatic N) is 2. The maximum atomic E-state index is 5.76. The van der Waals surface area contributed by atoms with Crippen molar-refractivity contribution in [1.82, 2.24) is 9.55 Å². The molecule has 2 N–H and O–H groups in total. The summed E-state index contributed by atoms with van der Waals surface area (Å²) in [4.78, 5) is 4.66. The summed E-state index contributed by atoms with van der Waals surface area (Å²) in [7, 11) is 0. The van der Waals surface area contributed by atoms with Crippen molar-refractivity contribution in [1.29, 1.82) is 0 Å². The summed E-state index contributed by atoms with van der Waals surface area (Å²) in [6, 6.07) is 6.02. The van der Waals surface area contributed by atoms with Crippen molar-refractivity contribution in [2.75, 3.05) is 5.73 Å². The first-order valence-corrected chi connectivity index (χ1v) is 5.59. The van der Waals surface area contributed by atoms with Crippen LogP contribution in [0.25, 0.3) is 11.0 Å². The Morgan fingerprint density at radius 2 is 2.13 bits per heavy atom. The highest BCUT2D eigenvalue weighted by atomic mass is 15.1. The number of aryl methyl sites for hydroxylation is 2. The lowest BCUT2D eigenvalue weighted by atomic mass is 10.2. The predicted octanol–water partition coefficient (Wildman–Crippen LogP) is 2.34. The third-order valence-corrected chi connectivity index (χ3v) is 3.13. The van der Waals surface area contributed by atoms with E-state index < -0.39 is 0 Å². The smallest absolute Gasteiger partial charge is 0.109 e. The number of imidazole rings is 1. The molecule has 3 rings (SSSR count). The number of hydrogen-bond acceptors (Lipinski definition) is 2. The number of anilines is 1. The zero-order chi connectivity index (χ0) is 10.3. The lowest BCUT2D eigenvalue weighted by Crippen LogP contribution is -1.99. The Hall–Kier alpha value is -1.51. The molecule has 1 aromatic carbocycles. The van der Waals surface area contributed by atoms with Gasteiger partial charge in [-0.3, -0.25) is 0 Å². The quantitative estimate of drug-likeness (QED) is 0.665. The third kappa shape index (κ3) is 1.39. The first kappa shape index (κ1) is 8.77. The first-order valence-electron chi connectivity index (χ1n) is 5.59. The van der Waals surface area contributed by atoms with Crippen molar-refractivity contribution in [3.05, 3.63) is 24.0 Å². The van der Waals surface area contributed by atoms with Crippen LogP contribution in [-0.2, 0) is 13.0 Å². The summed E-state index contributed by atoms with van der Waals surface area (Å²) in [5.41, 5.74) is 8.85. The molecule has 1 aliphatic heterocycles. The summed E-state index contributed by atoms with van der Waals surface area (Å²) in [6.45, 7) is 1.11. The second kappa shape index (κ2) is 3.26. The molecule has 0 saturated heterocycles. The molecule has 0 atom stereocenters. The molecular weight excluding hydrogens is 186 g/mol. The molecule has 2 aromatic rings. The van der Waals surface area contributed by atoms with Crippen molar-refractivity contribution in [3.8, 4) is 0 Å². The first-order chi connectivity index (χ1) is 7.34. The van der Waals surface area contributed by atoms with E-state index in [0.29, 0.717) is 0 Å². The van der Waals surface area contributed by atoms with Crippen LogP contribution in [0.3, 0.4) is 0 Å². The molecule has 0 saturated carbocycles. The number of aromatic nitrogens is 2. The molecule has 3 nitrogen and oxygen atoms in total. The monoisotopic (exact) mass is 201 g/mol. The van der Waals surface area contributed by atoms with Gasteiger partial charge >= 0.3 is 0 Å². The third-order valence-electron chi connectivity index (χ3n) is 3.13. The lowest BCUT2D eigenvalue weighted by molar-refractivity contribution is 0.647. The predicted molar refractivity (Wildman–Crippen MR) is 61.7 cm³/mol. The molecule has 1 aliphatic rings. The van der Waals surface area contributed by atoms with Gasteiger partial charge in [0.1, 0.15) is 5.82 Å². The Labute approximate surface area is 88.9 Å². The van der Waals surface area contributed by atoms with E-state index in [1.54, 1.807) is 0 Å². The van der Waals surface area contributed by atoms with Crippen molar-refractivity contribution < 1.29 is 0 Å². The van der Waals surface area contributed by atoms with Crippen LogP contribution in [0.2, 0.25) is 0 Å². The Kier molecular flexibility index (Phi) is 1.91. The fraction of sp³-hybridized carbons (Fsp3) is 0.417. The molecule has 0 fully saturated rings. The molecule has 0 radical (unpaired) electrons. The van der Waals surface area contributed by atoms with Crippen LogP contribution in [0.4, 0.5) is 5.69 Å². The molecular formula is C12H15N3. The SMILES string of the molecule is Nc1ccc2c(c1)nc1n2CCCCC1. The van der Waals surface area contributed by atoms with Crippen LogP contribution >= 0.6 is 0 Å². The average molecular weight is 201 g/mol. The summed E-state index contributed by atoms with van der Waals surface area (Å²) in [5, 5.41) is 0. The topological polar surface area (TPSA) is 43.8 Å². The lowest BCUT2D eigenvalue weighted by Gasteiger charge is -2.03. The van der Waals surface area contributed by atoms with Gasteiger partial charge in [-0.15, -0.1) is 0 Å². The highest BCUT2D eigenvalue weighted by Crippen LogP contribution is 2.23. The molecule has 0 spiro atoms. The normalized spacial score (nSPS) is 16.3. The van der Waals surface area contributed by atoms with E-state index in [1.807, 2.05) is 12.1 Å². The van der Waals surface area contributed by atoms with Gasteiger partial charge in [0.05, 0.1) is 11.0 Å². The molecule has 0 bridgehead atoms. The van der Waals surface area contributed by atoms with E-state index in [1.165, 1.54) is 30.6 Å². The number of fused-ring (bicyclic) bond motifs is 3. The van der Waals surface area contributed by atoms with Gasteiger partial charge < -0.3 is 10.3 Å². The van der Waals surface area contributed by atoms with E-state index in [9.17, 15) is 0 Å². The van der Waals surface area contributed by atoms with Crippen LogP contribution in [0.15, 0.2) is 18.2 Å². The molecule has 3 heteroatoms. The van der Waals surface area contributed by atoms with Crippen LogP contribution in [0, 0.1) is 0 Å². The molecule has 2 heterocycles.